The van der Waals surface area contributed by atoms with Crippen molar-refractivity contribution in [3.63, 3.8) is 0 Å². The average Bonchev–Trinajstić information content (AvgIpc) is 3.43. The number of benzene rings is 2. The summed E-state index contributed by atoms with van der Waals surface area (Å²) < 4.78 is 5.59. The first-order valence-corrected chi connectivity index (χ1v) is 9.97. The summed E-state index contributed by atoms with van der Waals surface area (Å²) in [5, 5.41) is 10.1. The summed E-state index contributed by atoms with van der Waals surface area (Å²) in [5.41, 5.74) is 2.93. The van der Waals surface area contributed by atoms with Crippen LogP contribution in [0.1, 0.15) is 42.3 Å². The highest BCUT2D eigenvalue weighted by atomic mass is 35.5. The predicted molar refractivity (Wildman–Crippen MR) is 114 cm³/mol. The second-order valence-electron chi connectivity index (χ2n) is 7.04. The van der Waals surface area contributed by atoms with Crippen LogP contribution in [-0.4, -0.2) is 23.2 Å². The van der Waals surface area contributed by atoms with E-state index in [1.807, 2.05) is 73.7 Å². The van der Waals surface area contributed by atoms with Crippen LogP contribution in [0.4, 0.5) is 0 Å². The summed E-state index contributed by atoms with van der Waals surface area (Å²) in [6.07, 6.45) is 2.21. The second kappa shape index (κ2) is 8.64. The smallest absolute Gasteiger partial charge is 0.257 e. The third kappa shape index (κ3) is 4.42. The number of halogens is 1. The van der Waals surface area contributed by atoms with E-state index in [1.54, 1.807) is 6.26 Å². The van der Waals surface area contributed by atoms with Gasteiger partial charge in [-0.05, 0) is 42.3 Å². The maximum Gasteiger partial charge on any atom is 0.257 e. The van der Waals surface area contributed by atoms with E-state index in [0.717, 1.165) is 22.6 Å². The van der Waals surface area contributed by atoms with Crippen molar-refractivity contribution >= 4 is 23.2 Å². The van der Waals surface area contributed by atoms with E-state index in [2.05, 4.69) is 10.4 Å². The molecule has 1 amide bonds. The molecule has 6 heteroatoms. The second-order valence-corrected chi connectivity index (χ2v) is 7.48. The fourth-order valence-electron chi connectivity index (χ4n) is 3.44. The highest BCUT2D eigenvalue weighted by Gasteiger charge is 2.34. The van der Waals surface area contributed by atoms with Crippen LogP contribution in [0.2, 0.25) is 5.02 Å². The van der Waals surface area contributed by atoms with Crippen LogP contribution in [0.5, 0.6) is 0 Å². The first-order chi connectivity index (χ1) is 14.1. The molecule has 0 spiro atoms. The minimum absolute atomic E-state index is 0.0598. The van der Waals surface area contributed by atoms with Gasteiger partial charge in [-0.25, -0.2) is 5.01 Å². The first kappa shape index (κ1) is 19.4. The Morgan fingerprint density at radius 1 is 1.17 bits per heavy atom. The molecule has 148 valence electrons. The number of carbonyl (C=O) groups excluding carboxylic acids is 1. The van der Waals surface area contributed by atoms with E-state index in [-0.39, 0.29) is 24.5 Å². The third-order valence-electron chi connectivity index (χ3n) is 5.07. The van der Waals surface area contributed by atoms with Gasteiger partial charge in [0.25, 0.3) is 5.91 Å². The van der Waals surface area contributed by atoms with Crippen LogP contribution in [-0.2, 0) is 4.79 Å². The molecule has 1 aromatic heterocycles. The molecule has 0 aliphatic carbocycles. The molecule has 0 radical (unpaired) electrons. The van der Waals surface area contributed by atoms with Crippen molar-refractivity contribution in [1.29, 1.82) is 0 Å². The van der Waals surface area contributed by atoms with Crippen LogP contribution in [0, 0.1) is 0 Å². The van der Waals surface area contributed by atoms with Crippen LogP contribution in [0.3, 0.4) is 0 Å². The molecule has 1 N–H and O–H groups in total. The predicted octanol–water partition coefficient (Wildman–Crippen LogP) is 4.96. The lowest BCUT2D eigenvalue weighted by molar-refractivity contribution is -0.132. The quantitative estimate of drug-likeness (QED) is 0.628. The Morgan fingerprint density at radius 3 is 2.62 bits per heavy atom. The van der Waals surface area contributed by atoms with Crippen molar-refractivity contribution in [3.05, 3.63) is 94.9 Å². The maximum absolute atomic E-state index is 13.0. The van der Waals surface area contributed by atoms with Crippen LogP contribution in [0.15, 0.2) is 82.5 Å². The lowest BCUT2D eigenvalue weighted by atomic mass is 10.0. The Balaban J connectivity index is 1.51. The van der Waals surface area contributed by atoms with Gasteiger partial charge >= 0.3 is 0 Å². The van der Waals surface area contributed by atoms with Crippen LogP contribution in [0.25, 0.3) is 0 Å². The lowest BCUT2D eigenvalue weighted by Gasteiger charge is -2.21. The van der Waals surface area contributed by atoms with Crippen molar-refractivity contribution in [2.75, 3.05) is 6.54 Å². The third-order valence-corrected chi connectivity index (χ3v) is 5.33. The van der Waals surface area contributed by atoms with Gasteiger partial charge in [0.1, 0.15) is 11.8 Å². The number of hydrogen-bond acceptors (Lipinski definition) is 4. The summed E-state index contributed by atoms with van der Waals surface area (Å²) >= 11 is 6.00. The summed E-state index contributed by atoms with van der Waals surface area (Å²) in [5.74, 6) is 0.625. The lowest BCUT2D eigenvalue weighted by Crippen LogP contribution is -2.36. The molecule has 29 heavy (non-hydrogen) atoms. The molecule has 1 aliphatic heterocycles. The van der Waals surface area contributed by atoms with Gasteiger partial charge < -0.3 is 9.73 Å². The van der Waals surface area contributed by atoms with E-state index in [0.29, 0.717) is 11.4 Å². The number of carbonyl (C=O) groups is 1. The van der Waals surface area contributed by atoms with E-state index in [1.165, 1.54) is 5.01 Å². The van der Waals surface area contributed by atoms with Crippen molar-refractivity contribution in [2.45, 2.75) is 25.4 Å². The Labute approximate surface area is 175 Å². The van der Waals surface area contributed by atoms with Crippen molar-refractivity contribution < 1.29 is 9.21 Å². The number of hydrazone groups is 1. The number of rotatable bonds is 6. The minimum Gasteiger partial charge on any atom is -0.467 e. The van der Waals surface area contributed by atoms with E-state index >= 15 is 0 Å². The van der Waals surface area contributed by atoms with Crippen molar-refractivity contribution in [2.24, 2.45) is 5.10 Å². The van der Waals surface area contributed by atoms with Gasteiger partial charge in [-0.15, -0.1) is 0 Å². The average molecular weight is 408 g/mol. The fraction of sp³-hybridized carbons (Fsp3) is 0.217. The maximum atomic E-state index is 13.0. The molecule has 4 rings (SSSR count). The van der Waals surface area contributed by atoms with Gasteiger partial charge in [0.2, 0.25) is 0 Å². The van der Waals surface area contributed by atoms with E-state index < -0.39 is 0 Å². The Bertz CT molecular complexity index is 985. The molecule has 0 saturated carbocycles. The van der Waals surface area contributed by atoms with Crippen molar-refractivity contribution in [1.82, 2.24) is 10.3 Å². The zero-order chi connectivity index (χ0) is 20.2. The number of furan rings is 1. The Hall–Kier alpha value is -2.89. The summed E-state index contributed by atoms with van der Waals surface area (Å²) in [6.45, 7) is 2.23. The van der Waals surface area contributed by atoms with E-state index in [4.69, 9.17) is 16.0 Å². The molecule has 0 fully saturated rings. The molecule has 5 nitrogen and oxygen atoms in total. The molecular formula is C23H22ClN3O2. The Morgan fingerprint density at radius 2 is 1.93 bits per heavy atom. The highest BCUT2D eigenvalue weighted by Crippen LogP contribution is 2.33. The summed E-state index contributed by atoms with van der Waals surface area (Å²) in [4.78, 5) is 13.0. The van der Waals surface area contributed by atoms with Crippen molar-refractivity contribution in [3.8, 4) is 0 Å². The van der Waals surface area contributed by atoms with Crippen LogP contribution < -0.4 is 5.32 Å². The molecule has 0 bridgehead atoms. The number of hydrogen-bond donors (Lipinski definition) is 1. The van der Waals surface area contributed by atoms with Gasteiger partial charge in [0.05, 0.1) is 18.5 Å². The first-order valence-electron chi connectivity index (χ1n) is 9.59. The highest BCUT2D eigenvalue weighted by molar-refractivity contribution is 6.30. The zero-order valence-corrected chi connectivity index (χ0v) is 16.8. The molecule has 0 saturated heterocycles. The normalized spacial score (nSPS) is 17.2. The van der Waals surface area contributed by atoms with Crippen LogP contribution >= 0.6 is 11.6 Å². The fourth-order valence-corrected chi connectivity index (χ4v) is 3.57. The van der Waals surface area contributed by atoms with E-state index in [9.17, 15) is 4.79 Å². The number of amides is 1. The van der Waals surface area contributed by atoms with Gasteiger partial charge in [-0.1, -0.05) is 54.1 Å². The largest absolute Gasteiger partial charge is 0.467 e. The zero-order valence-electron chi connectivity index (χ0n) is 16.1. The molecule has 1 aliphatic rings. The van der Waals surface area contributed by atoms with Gasteiger partial charge in [-0.2, -0.15) is 5.10 Å². The number of nitrogens with one attached hydrogen (secondary N) is 1. The minimum atomic E-state index is -0.253. The van der Waals surface area contributed by atoms with Gasteiger partial charge in [0, 0.05) is 17.5 Å². The molecule has 2 aromatic carbocycles. The summed E-state index contributed by atoms with van der Waals surface area (Å²) in [6, 6.07) is 21.1. The van der Waals surface area contributed by atoms with Gasteiger partial charge in [0.15, 0.2) is 0 Å². The SMILES string of the molecule is C[C@H](NCC(=O)N1N=C(c2ccc(Cl)cc2)C[C@@H]1c1ccco1)c1ccccc1. The van der Waals surface area contributed by atoms with Gasteiger partial charge in [-0.3, -0.25) is 4.79 Å². The molecule has 2 atom stereocenters. The molecule has 2 heterocycles. The monoisotopic (exact) mass is 407 g/mol. The molecular weight excluding hydrogens is 386 g/mol. The standard InChI is InChI=1S/C23H22ClN3O2/c1-16(17-6-3-2-4-7-17)25-15-23(28)27-21(22-8-5-13-29-22)14-20(26-27)18-9-11-19(24)12-10-18/h2-13,16,21,25H,14-15H2,1H3/t16-,21+/m0/s1. The summed E-state index contributed by atoms with van der Waals surface area (Å²) in [7, 11) is 0. The molecule has 3 aromatic rings. The molecule has 0 unspecified atom stereocenters. The Kier molecular flexibility index (Phi) is 5.79. The number of nitrogens with zero attached hydrogens (tertiary/aromatic N) is 2. The topological polar surface area (TPSA) is 57.8 Å².